The van der Waals surface area contributed by atoms with Crippen molar-refractivity contribution in [3.8, 4) is 0 Å². The summed E-state index contributed by atoms with van der Waals surface area (Å²) >= 11 is 0. The number of carbonyl (C=O) groups excluding carboxylic acids is 3. The maximum absolute atomic E-state index is 13.2. The topological polar surface area (TPSA) is 104 Å². The predicted molar refractivity (Wildman–Crippen MR) is 173 cm³/mol. The van der Waals surface area contributed by atoms with Gasteiger partial charge in [0.25, 0.3) is 5.91 Å². The Morgan fingerprint density at radius 2 is 1.66 bits per heavy atom. The number of nitrogens with one attached hydrogen (secondary N) is 2. The van der Waals surface area contributed by atoms with Crippen LogP contribution in [0.15, 0.2) is 42.6 Å². The second-order valence-corrected chi connectivity index (χ2v) is 13.5. The number of hydrogen-bond donors (Lipinski definition) is 2. The van der Waals surface area contributed by atoms with Gasteiger partial charge in [-0.15, -0.1) is 0 Å². The summed E-state index contributed by atoms with van der Waals surface area (Å²) in [5.74, 6) is -0.952. The van der Waals surface area contributed by atoms with E-state index in [1.807, 2.05) is 64.8 Å². The van der Waals surface area contributed by atoms with Gasteiger partial charge in [-0.1, -0.05) is 26.0 Å². The molecule has 1 aromatic heterocycles. The van der Waals surface area contributed by atoms with Crippen molar-refractivity contribution in [2.75, 3.05) is 19.6 Å². The van der Waals surface area contributed by atoms with Crippen LogP contribution in [-0.4, -0.2) is 76.1 Å². The Labute approximate surface area is 275 Å². The molecule has 12 heteroatoms. The summed E-state index contributed by atoms with van der Waals surface area (Å²) in [6.07, 6.45) is 1.51. The van der Waals surface area contributed by atoms with Crippen molar-refractivity contribution in [1.29, 1.82) is 0 Å². The molecule has 0 spiro atoms. The molecule has 2 aromatic rings. The summed E-state index contributed by atoms with van der Waals surface area (Å²) in [5, 5.41) is 5.67. The lowest BCUT2D eigenvalue weighted by atomic mass is 9.76. The maximum Gasteiger partial charge on any atom is 0.416 e. The van der Waals surface area contributed by atoms with Crippen LogP contribution in [0.5, 0.6) is 0 Å². The number of alkyl halides is 3. The summed E-state index contributed by atoms with van der Waals surface area (Å²) < 4.78 is 44.8. The molecule has 3 aliphatic rings. The van der Waals surface area contributed by atoms with Crippen molar-refractivity contribution in [3.05, 3.63) is 65.0 Å². The van der Waals surface area contributed by atoms with Crippen molar-refractivity contribution in [1.82, 2.24) is 25.4 Å². The molecule has 3 amide bonds. The van der Waals surface area contributed by atoms with Gasteiger partial charge in [0.05, 0.1) is 23.3 Å². The smallest absolute Gasteiger partial charge is 0.416 e. The molecule has 2 saturated heterocycles. The van der Waals surface area contributed by atoms with Gasteiger partial charge < -0.3 is 20.3 Å². The number of hydrogen-bond acceptors (Lipinski definition) is 6. The molecule has 0 bridgehead atoms. The van der Waals surface area contributed by atoms with Crippen molar-refractivity contribution < 1.29 is 32.3 Å². The molecule has 2 N–H and O–H groups in total. The molecule has 0 radical (unpaired) electrons. The van der Waals surface area contributed by atoms with Gasteiger partial charge in [0.1, 0.15) is 5.60 Å². The highest BCUT2D eigenvalue weighted by Gasteiger charge is 2.49. The normalized spacial score (nSPS) is 24.5. The van der Waals surface area contributed by atoms with E-state index in [0.29, 0.717) is 19.4 Å². The number of nitrogens with zero attached hydrogens (tertiary/aromatic N) is 3. The number of fused-ring (bicyclic) bond motifs is 1. The van der Waals surface area contributed by atoms with Crippen molar-refractivity contribution in [3.63, 3.8) is 0 Å². The molecule has 2 atom stereocenters. The van der Waals surface area contributed by atoms with E-state index >= 15 is 0 Å². The van der Waals surface area contributed by atoms with E-state index in [-0.39, 0.29) is 36.1 Å². The number of ether oxygens (including phenoxy) is 1. The molecule has 47 heavy (non-hydrogen) atoms. The number of alkyl carbamates (subject to hydrolysis) is 1. The molecule has 1 aliphatic carbocycles. The summed E-state index contributed by atoms with van der Waals surface area (Å²) in [6.45, 7) is 12.6. The van der Waals surface area contributed by atoms with Crippen molar-refractivity contribution in [2.45, 2.75) is 116 Å². The zero-order chi connectivity index (χ0) is 34.6. The molecule has 2 aliphatic heterocycles. The first kappa shape index (κ1) is 36.2. The van der Waals surface area contributed by atoms with Crippen LogP contribution in [-0.2, 0) is 21.2 Å². The standard InChI is InChI=1S/C33H42F3N5O4.C2H6/c1-21-8-9-27(37-19-21)32(39-30(44)45-31(2,3)4)14-10-24(11-15-32)40-16-12-26-25(40)13-17-41(26)28(42)20-38-29(43)22-6-5-7-23(18-22)33(34,35)36;1-2/h5-9,18-19,24-26H,10-17,20H2,1-4H3,(H,38,43)(H,39,44);1-2H3. The van der Waals surface area contributed by atoms with E-state index in [1.165, 1.54) is 12.1 Å². The first-order valence-electron chi connectivity index (χ1n) is 16.6. The molecular formula is C35H48F3N5O4. The summed E-state index contributed by atoms with van der Waals surface area (Å²) in [4.78, 5) is 47.6. The minimum absolute atomic E-state index is 0.0216. The van der Waals surface area contributed by atoms with Crippen LogP contribution >= 0.6 is 0 Å². The first-order chi connectivity index (χ1) is 22.1. The van der Waals surface area contributed by atoms with E-state index in [2.05, 4.69) is 20.5 Å². The molecule has 3 fully saturated rings. The Bertz CT molecular complexity index is 1400. The third kappa shape index (κ3) is 8.63. The van der Waals surface area contributed by atoms with Gasteiger partial charge in [-0.25, -0.2) is 4.79 Å². The lowest BCUT2D eigenvalue weighted by molar-refractivity contribution is -0.137. The Balaban J connectivity index is 0.00000245. The fraction of sp³-hybridized carbons (Fsp3) is 0.600. The van der Waals surface area contributed by atoms with Gasteiger partial charge in [0, 0.05) is 43.0 Å². The monoisotopic (exact) mass is 659 g/mol. The number of aromatic nitrogens is 1. The maximum atomic E-state index is 13.2. The number of rotatable bonds is 6. The van der Waals surface area contributed by atoms with Crippen molar-refractivity contribution >= 4 is 17.9 Å². The molecule has 258 valence electrons. The van der Waals surface area contributed by atoms with E-state index < -0.39 is 34.9 Å². The molecule has 5 rings (SSSR count). The molecule has 9 nitrogen and oxygen atoms in total. The van der Waals surface area contributed by atoms with Gasteiger partial charge in [0.2, 0.25) is 5.91 Å². The fourth-order valence-corrected chi connectivity index (χ4v) is 7.10. The summed E-state index contributed by atoms with van der Waals surface area (Å²) in [6, 6.07) is 8.66. The van der Waals surface area contributed by atoms with Crippen LogP contribution in [0.1, 0.15) is 100 Å². The minimum Gasteiger partial charge on any atom is -0.444 e. The van der Waals surface area contributed by atoms with Crippen molar-refractivity contribution in [2.24, 2.45) is 0 Å². The predicted octanol–water partition coefficient (Wildman–Crippen LogP) is 6.20. The average Bonchev–Trinajstić information content (AvgIpc) is 3.63. The largest absolute Gasteiger partial charge is 0.444 e. The van der Waals surface area contributed by atoms with Gasteiger partial charge in [-0.3, -0.25) is 19.5 Å². The number of carbonyl (C=O) groups is 3. The molecule has 2 unspecified atom stereocenters. The number of aryl methyl sites for hydroxylation is 1. The van der Waals surface area contributed by atoms with Crippen LogP contribution in [0.3, 0.4) is 0 Å². The number of benzene rings is 1. The Morgan fingerprint density at radius 3 is 2.28 bits per heavy atom. The number of likely N-dealkylation sites (tertiary alicyclic amines) is 2. The highest BCUT2D eigenvalue weighted by atomic mass is 19.4. The summed E-state index contributed by atoms with van der Waals surface area (Å²) in [5.41, 5.74) is -0.452. The highest BCUT2D eigenvalue weighted by Crippen LogP contribution is 2.42. The van der Waals surface area contributed by atoms with E-state index in [1.54, 1.807) is 0 Å². The van der Waals surface area contributed by atoms with Crippen LogP contribution in [0.2, 0.25) is 0 Å². The van der Waals surface area contributed by atoms with Gasteiger partial charge >= 0.3 is 12.3 Å². The number of amides is 3. The molecule has 1 saturated carbocycles. The van der Waals surface area contributed by atoms with Crippen LogP contribution in [0.4, 0.5) is 18.0 Å². The van der Waals surface area contributed by atoms with Crippen LogP contribution < -0.4 is 10.6 Å². The summed E-state index contributed by atoms with van der Waals surface area (Å²) in [7, 11) is 0. The Hall–Kier alpha value is -3.67. The third-order valence-electron chi connectivity index (χ3n) is 9.21. The third-order valence-corrected chi connectivity index (χ3v) is 9.21. The average molecular weight is 660 g/mol. The molecule has 1 aromatic carbocycles. The van der Waals surface area contributed by atoms with Gasteiger partial charge in [-0.2, -0.15) is 13.2 Å². The second-order valence-electron chi connectivity index (χ2n) is 13.5. The van der Waals surface area contributed by atoms with Crippen LogP contribution in [0, 0.1) is 6.92 Å². The fourth-order valence-electron chi connectivity index (χ4n) is 7.10. The number of halogens is 3. The first-order valence-corrected chi connectivity index (χ1v) is 16.6. The van der Waals surface area contributed by atoms with Gasteiger partial charge in [0.15, 0.2) is 0 Å². The molecular weight excluding hydrogens is 611 g/mol. The lowest BCUT2D eigenvalue weighted by Gasteiger charge is -2.44. The van der Waals surface area contributed by atoms with Gasteiger partial charge in [-0.05, 0) is 96.0 Å². The SMILES string of the molecule is CC.Cc1ccc(C2(NC(=O)OC(C)(C)C)CCC(N3CCC4C3CCN4C(=O)CNC(=O)c3cccc(C(F)(F)F)c3)CC2)nc1. The van der Waals surface area contributed by atoms with E-state index in [4.69, 9.17) is 4.74 Å². The molecule has 3 heterocycles. The Morgan fingerprint density at radius 1 is 0.979 bits per heavy atom. The highest BCUT2D eigenvalue weighted by molar-refractivity contribution is 5.96. The minimum atomic E-state index is -4.56. The lowest BCUT2D eigenvalue weighted by Crippen LogP contribution is -2.53. The quantitative estimate of drug-likeness (QED) is 0.383. The Kier molecular flexibility index (Phi) is 11.3. The number of pyridine rings is 1. The van der Waals surface area contributed by atoms with E-state index in [0.717, 1.165) is 55.6 Å². The zero-order valence-corrected chi connectivity index (χ0v) is 28.2. The zero-order valence-electron chi connectivity index (χ0n) is 28.2. The second kappa shape index (κ2) is 14.6. The van der Waals surface area contributed by atoms with Crippen LogP contribution in [0.25, 0.3) is 0 Å². The van der Waals surface area contributed by atoms with E-state index in [9.17, 15) is 27.6 Å².